The summed E-state index contributed by atoms with van der Waals surface area (Å²) in [5.41, 5.74) is 6.31. The number of fused-ring (bicyclic) bond motifs is 1. The van der Waals surface area contributed by atoms with Crippen LogP contribution < -0.4 is 15.2 Å². The first-order valence-electron chi connectivity index (χ1n) is 12.8. The van der Waals surface area contributed by atoms with E-state index in [1.54, 1.807) is 18.2 Å². The molecule has 0 fully saturated rings. The molecule has 5 rings (SSSR count). The fourth-order valence-corrected chi connectivity index (χ4v) is 4.40. The molecule has 4 aromatic carbocycles. The van der Waals surface area contributed by atoms with E-state index in [-0.39, 0.29) is 46.1 Å². The Bertz CT molecular complexity index is 1660. The van der Waals surface area contributed by atoms with Crippen LogP contribution in [0.1, 0.15) is 33.2 Å². The summed E-state index contributed by atoms with van der Waals surface area (Å²) in [7, 11) is 1.51. The zero-order valence-electron chi connectivity index (χ0n) is 23.0. The number of nitrogens with two attached hydrogens (primary N) is 1. The highest BCUT2D eigenvalue weighted by atomic mass is 16.6. The van der Waals surface area contributed by atoms with E-state index in [0.717, 1.165) is 35.9 Å². The quantitative estimate of drug-likeness (QED) is 0.115. The summed E-state index contributed by atoms with van der Waals surface area (Å²) >= 11 is 0. The number of carbonyl (C=O) groups excluding carboxylic acids is 1. The SMILES string of the molecule is COc1cc(CN)ccc1O.O=C(O[C@@H]1Cc2c(O)cc(O)cc2O[C@@H]1c1cc(O)c(O)c(O)c1)c1cc(O)c(O)c(O)c1. The number of methoxy groups -OCH3 is 1. The van der Waals surface area contributed by atoms with Gasteiger partial charge in [0.2, 0.25) is 0 Å². The Morgan fingerprint density at radius 2 is 1.39 bits per heavy atom. The minimum Gasteiger partial charge on any atom is -0.508 e. The van der Waals surface area contributed by atoms with E-state index in [1.807, 2.05) is 0 Å². The fraction of sp³-hybridized carbons (Fsp3) is 0.167. The van der Waals surface area contributed by atoms with Crippen LogP contribution >= 0.6 is 0 Å². The molecule has 2 atom stereocenters. The van der Waals surface area contributed by atoms with Crippen molar-refractivity contribution in [3.63, 3.8) is 0 Å². The topological polar surface area (TPSA) is 253 Å². The van der Waals surface area contributed by atoms with Gasteiger partial charge in [-0.25, -0.2) is 4.79 Å². The van der Waals surface area contributed by atoms with Gasteiger partial charge >= 0.3 is 5.97 Å². The van der Waals surface area contributed by atoms with Gasteiger partial charge in [0.25, 0.3) is 0 Å². The molecule has 0 aliphatic carbocycles. The molecule has 11 N–H and O–H groups in total. The fourth-order valence-electron chi connectivity index (χ4n) is 4.40. The third kappa shape index (κ3) is 6.44. The molecule has 14 heteroatoms. The van der Waals surface area contributed by atoms with Crippen LogP contribution in [0.5, 0.6) is 63.2 Å². The van der Waals surface area contributed by atoms with Crippen LogP contribution in [-0.2, 0) is 17.7 Å². The Labute approximate surface area is 249 Å². The van der Waals surface area contributed by atoms with Gasteiger partial charge in [-0.15, -0.1) is 0 Å². The van der Waals surface area contributed by atoms with Crippen LogP contribution in [0, 0.1) is 0 Å². The Morgan fingerprint density at radius 3 is 1.95 bits per heavy atom. The van der Waals surface area contributed by atoms with Crippen molar-refractivity contribution in [1.29, 1.82) is 0 Å². The molecule has 0 radical (unpaired) electrons. The summed E-state index contributed by atoms with van der Waals surface area (Å²) in [5.74, 6) is -5.45. The van der Waals surface area contributed by atoms with Crippen molar-refractivity contribution in [3.05, 3.63) is 76.9 Å². The van der Waals surface area contributed by atoms with Gasteiger partial charge in [-0.3, -0.25) is 0 Å². The van der Waals surface area contributed by atoms with Crippen LogP contribution in [0.15, 0.2) is 54.6 Å². The van der Waals surface area contributed by atoms with Crippen LogP contribution in [0.25, 0.3) is 0 Å². The summed E-state index contributed by atoms with van der Waals surface area (Å²) in [4.78, 5) is 12.7. The van der Waals surface area contributed by atoms with Crippen LogP contribution in [0.3, 0.4) is 0 Å². The predicted molar refractivity (Wildman–Crippen MR) is 151 cm³/mol. The number of aromatic hydroxyl groups is 9. The van der Waals surface area contributed by atoms with Gasteiger partial charge in [-0.2, -0.15) is 0 Å². The molecule has 4 aromatic rings. The lowest BCUT2D eigenvalue weighted by Crippen LogP contribution is -2.34. The number of hydrogen-bond donors (Lipinski definition) is 10. The largest absolute Gasteiger partial charge is 0.508 e. The molecular formula is C30H29NO13. The summed E-state index contributed by atoms with van der Waals surface area (Å²) in [6.07, 6.45) is -2.49. The Morgan fingerprint density at radius 1 is 0.795 bits per heavy atom. The Kier molecular flexibility index (Phi) is 8.85. The van der Waals surface area contributed by atoms with Crippen molar-refractivity contribution in [2.45, 2.75) is 25.2 Å². The third-order valence-corrected chi connectivity index (χ3v) is 6.63. The second kappa shape index (κ2) is 12.5. The van der Waals surface area contributed by atoms with Gasteiger partial charge in [-0.05, 0) is 42.0 Å². The normalized spacial score (nSPS) is 15.2. The lowest BCUT2D eigenvalue weighted by Gasteiger charge is -2.34. The molecule has 0 saturated carbocycles. The van der Waals surface area contributed by atoms with Crippen molar-refractivity contribution in [1.82, 2.24) is 0 Å². The Hall–Kier alpha value is -5.89. The number of phenols is 9. The Balaban J connectivity index is 0.000000339. The predicted octanol–water partition coefficient (Wildman–Crippen LogP) is 3.09. The van der Waals surface area contributed by atoms with E-state index >= 15 is 0 Å². The lowest BCUT2D eigenvalue weighted by molar-refractivity contribution is -0.0189. The van der Waals surface area contributed by atoms with Crippen LogP contribution in [0.2, 0.25) is 0 Å². The average Bonchev–Trinajstić information content (AvgIpc) is 2.98. The maximum atomic E-state index is 12.7. The van der Waals surface area contributed by atoms with Crippen LogP contribution in [0.4, 0.5) is 0 Å². The van der Waals surface area contributed by atoms with Gasteiger partial charge in [-0.1, -0.05) is 6.07 Å². The highest BCUT2D eigenvalue weighted by molar-refractivity contribution is 5.91. The van der Waals surface area contributed by atoms with E-state index < -0.39 is 52.7 Å². The summed E-state index contributed by atoms with van der Waals surface area (Å²) in [6, 6.07) is 11.2. The molecule has 14 nitrogen and oxygen atoms in total. The maximum absolute atomic E-state index is 12.7. The molecule has 44 heavy (non-hydrogen) atoms. The molecule has 1 heterocycles. The van der Waals surface area contributed by atoms with E-state index in [9.17, 15) is 45.6 Å². The van der Waals surface area contributed by atoms with Gasteiger partial charge in [0.05, 0.1) is 12.7 Å². The molecule has 1 aliphatic rings. The van der Waals surface area contributed by atoms with Crippen molar-refractivity contribution in [2.75, 3.05) is 7.11 Å². The summed E-state index contributed by atoms with van der Waals surface area (Å²) in [6.45, 7) is 0.455. The van der Waals surface area contributed by atoms with Gasteiger partial charge in [0.15, 0.2) is 52.1 Å². The molecule has 232 valence electrons. The minimum absolute atomic E-state index is 0.0526. The molecular weight excluding hydrogens is 582 g/mol. The van der Waals surface area contributed by atoms with Crippen molar-refractivity contribution < 1.29 is 65.0 Å². The van der Waals surface area contributed by atoms with Crippen LogP contribution in [-0.4, -0.2) is 65.1 Å². The average molecular weight is 612 g/mol. The zero-order chi connectivity index (χ0) is 32.3. The highest BCUT2D eigenvalue weighted by Crippen LogP contribution is 2.46. The summed E-state index contributed by atoms with van der Waals surface area (Å²) in [5, 5.41) is 87.4. The maximum Gasteiger partial charge on any atom is 0.338 e. The number of rotatable bonds is 5. The molecule has 0 saturated heterocycles. The number of phenolic OH excluding ortho intramolecular Hbond substituents is 9. The van der Waals surface area contributed by atoms with Crippen molar-refractivity contribution in [2.24, 2.45) is 5.73 Å². The molecule has 0 amide bonds. The van der Waals surface area contributed by atoms with Gasteiger partial charge < -0.3 is 65.9 Å². The van der Waals surface area contributed by atoms with E-state index in [1.165, 1.54) is 13.2 Å². The molecule has 1 aliphatic heterocycles. The van der Waals surface area contributed by atoms with E-state index in [2.05, 4.69) is 0 Å². The van der Waals surface area contributed by atoms with E-state index in [0.29, 0.717) is 12.3 Å². The first-order chi connectivity index (χ1) is 20.8. The van der Waals surface area contributed by atoms with Gasteiger partial charge in [0.1, 0.15) is 23.4 Å². The highest BCUT2D eigenvalue weighted by Gasteiger charge is 2.37. The molecule has 0 aromatic heterocycles. The van der Waals surface area contributed by atoms with E-state index in [4.69, 9.17) is 25.1 Å². The second-order valence-electron chi connectivity index (χ2n) is 9.61. The zero-order valence-corrected chi connectivity index (χ0v) is 23.0. The lowest BCUT2D eigenvalue weighted by atomic mass is 9.93. The molecule has 0 spiro atoms. The second-order valence-corrected chi connectivity index (χ2v) is 9.61. The van der Waals surface area contributed by atoms with Crippen molar-refractivity contribution >= 4 is 5.97 Å². The smallest absolute Gasteiger partial charge is 0.338 e. The first-order valence-corrected chi connectivity index (χ1v) is 12.8. The number of esters is 1. The number of benzene rings is 4. The monoisotopic (exact) mass is 611 g/mol. The number of hydrogen-bond acceptors (Lipinski definition) is 14. The molecule has 0 bridgehead atoms. The van der Waals surface area contributed by atoms with Gasteiger partial charge in [0, 0.05) is 36.2 Å². The molecule has 0 unspecified atom stereocenters. The summed E-state index contributed by atoms with van der Waals surface area (Å²) < 4.78 is 16.2. The standard InChI is InChI=1S/C22H18O11.C8H11NO2/c23-10-5-12(24)11-7-18(33-22(31)9-3-15(27)20(30)16(28)4-9)21(32-17(11)6-10)8-1-13(25)19(29)14(26)2-8;1-11-8-4-6(5-9)2-3-7(8)10/h1-6,18,21,23-30H,7H2;2-4,10H,5,9H2,1H3/t18-,21-;/m1./s1. The third-order valence-electron chi connectivity index (χ3n) is 6.63. The minimum atomic E-state index is -1.18. The van der Waals surface area contributed by atoms with Crippen molar-refractivity contribution in [3.8, 4) is 63.2 Å². The number of ether oxygens (including phenoxy) is 3. The number of carbonyl (C=O) groups is 1. The first kappa shape index (κ1) is 31.1.